The molecule has 0 spiro atoms. The van der Waals surface area contributed by atoms with Gasteiger partial charge in [-0.15, -0.1) is 0 Å². The van der Waals surface area contributed by atoms with E-state index in [0.29, 0.717) is 0 Å². The third kappa shape index (κ3) is 42.6. The maximum atomic E-state index is 7.23. The third-order valence-corrected chi connectivity index (χ3v) is 0. The molecule has 36 valence electrons. The second kappa shape index (κ2) is 9.88. The predicted octanol–water partition coefficient (Wildman–Crippen LogP) is -1.40. The minimum atomic E-state index is -2.62. The van der Waals surface area contributed by atoms with Crippen LogP contribution in [0.15, 0.2) is 0 Å². The molecule has 0 saturated heterocycles. The Morgan fingerprint density at radius 3 is 1.00 bits per heavy atom. The van der Waals surface area contributed by atoms with Gasteiger partial charge < -0.3 is 14.7 Å². The monoisotopic (exact) mass is 140 g/mol. The summed E-state index contributed by atoms with van der Waals surface area (Å²) in [4.78, 5) is 21.7. The van der Waals surface area contributed by atoms with Crippen LogP contribution >= 0.6 is 18.5 Å². The summed E-state index contributed by atoms with van der Waals surface area (Å²) in [7, 11) is -2.62. The topological polar surface area (TPSA) is 60.7 Å². The van der Waals surface area contributed by atoms with Gasteiger partial charge in [-0.3, -0.25) is 0 Å². The van der Waals surface area contributed by atoms with Gasteiger partial charge in [0, 0.05) is 0 Å². The summed E-state index contributed by atoms with van der Waals surface area (Å²) in [5, 5.41) is 0. The van der Waals surface area contributed by atoms with Crippen LogP contribution in [-0.4, -0.2) is 44.2 Å². The summed E-state index contributed by atoms with van der Waals surface area (Å²) in [6, 6.07) is 0. The van der Waals surface area contributed by atoms with Gasteiger partial charge in [0.25, 0.3) is 0 Å². The van der Waals surface area contributed by atoms with Crippen molar-refractivity contribution in [2.75, 3.05) is 0 Å². The number of rotatable bonds is 0. The Morgan fingerprint density at radius 1 is 1.00 bits per heavy atom. The van der Waals surface area contributed by atoms with Crippen molar-refractivity contribution in [1.82, 2.24) is 0 Å². The Balaban J connectivity index is -0.0000000450. The molecule has 0 heterocycles. The molecule has 3 N–H and O–H groups in total. The second-order valence-corrected chi connectivity index (χ2v) is 0.805. The van der Waals surface area contributed by atoms with Crippen LogP contribution < -0.4 is 0 Å². The molecule has 0 amide bonds. The zero-order chi connectivity index (χ0) is 3.58. The van der Waals surface area contributed by atoms with E-state index in [0.717, 1.165) is 0 Å². The average molecular weight is 140 g/mol. The molecule has 0 aromatic rings. The zero-order valence-corrected chi connectivity index (χ0v) is 4.80. The summed E-state index contributed by atoms with van der Waals surface area (Å²) >= 11 is 0. The van der Waals surface area contributed by atoms with Crippen molar-refractivity contribution in [1.29, 1.82) is 0 Å². The predicted molar refractivity (Wildman–Crippen MR) is 31.8 cm³/mol. The van der Waals surface area contributed by atoms with Crippen molar-refractivity contribution in [3.8, 4) is 0 Å². The minimum absolute atomic E-state index is 0. The molecule has 1 atom stereocenters. The van der Waals surface area contributed by atoms with Crippen molar-refractivity contribution in [3.05, 3.63) is 0 Å². The first-order chi connectivity index (χ1) is 1.73. The molecule has 0 radical (unpaired) electrons. The summed E-state index contributed by atoms with van der Waals surface area (Å²) in [5.41, 5.74) is 0. The van der Waals surface area contributed by atoms with Gasteiger partial charge in [-0.25, -0.2) is 0 Å². The molecule has 6 heavy (non-hydrogen) atoms. The SMILES string of the molecule is OP(O)O.P.[NaH]. The molecular formula is H7NaO3P2. The van der Waals surface area contributed by atoms with Crippen LogP contribution in [0.5, 0.6) is 0 Å². The van der Waals surface area contributed by atoms with Crippen molar-refractivity contribution >= 4 is 48.1 Å². The molecule has 0 aliphatic rings. The van der Waals surface area contributed by atoms with E-state index in [9.17, 15) is 0 Å². The standard InChI is InChI=1S/Na.H3O3P.H3P.H/c;1-4(2)3;;/h;1-3H;1H3;. The van der Waals surface area contributed by atoms with Crippen molar-refractivity contribution in [2.24, 2.45) is 0 Å². The van der Waals surface area contributed by atoms with Gasteiger partial charge in [-0.05, 0) is 0 Å². The van der Waals surface area contributed by atoms with E-state index < -0.39 is 8.60 Å². The Morgan fingerprint density at radius 2 is 1.00 bits per heavy atom. The molecule has 0 aromatic carbocycles. The first kappa shape index (κ1) is 15.6. The van der Waals surface area contributed by atoms with Crippen LogP contribution in [-0.2, 0) is 0 Å². The fraction of sp³-hybridized carbons (Fsp3) is 0. The fourth-order valence-corrected chi connectivity index (χ4v) is 0. The van der Waals surface area contributed by atoms with E-state index in [1.54, 1.807) is 0 Å². The number of hydrogen-bond acceptors (Lipinski definition) is 3. The zero-order valence-electron chi connectivity index (χ0n) is 2.50. The van der Waals surface area contributed by atoms with Gasteiger partial charge >= 0.3 is 38.2 Å². The van der Waals surface area contributed by atoms with E-state index in [1.165, 1.54) is 0 Å². The molecule has 0 rings (SSSR count). The van der Waals surface area contributed by atoms with Gasteiger partial charge in [-0.2, -0.15) is 9.90 Å². The molecule has 6 heteroatoms. The molecule has 1 unspecified atom stereocenters. The summed E-state index contributed by atoms with van der Waals surface area (Å²) < 4.78 is 0. The van der Waals surface area contributed by atoms with E-state index in [1.807, 2.05) is 0 Å². The first-order valence-electron chi connectivity index (χ1n) is 0.600. The van der Waals surface area contributed by atoms with E-state index in [2.05, 4.69) is 0 Å². The number of hydrogen-bond donors (Lipinski definition) is 3. The normalized spacial score (nSPS) is 6.00. The Labute approximate surface area is 62.7 Å². The molecule has 0 aliphatic carbocycles. The Kier molecular flexibility index (Phi) is 25.8. The van der Waals surface area contributed by atoms with Gasteiger partial charge in [0.1, 0.15) is 0 Å². The second-order valence-electron chi connectivity index (χ2n) is 0.268. The third-order valence-electron chi connectivity index (χ3n) is 0. The summed E-state index contributed by atoms with van der Waals surface area (Å²) in [6.45, 7) is 0. The molecule has 0 saturated carbocycles. The van der Waals surface area contributed by atoms with Gasteiger partial charge in [0.05, 0.1) is 0 Å². The van der Waals surface area contributed by atoms with E-state index in [4.69, 9.17) is 14.7 Å². The maximum absolute atomic E-state index is 7.23. The van der Waals surface area contributed by atoms with Crippen LogP contribution in [0.3, 0.4) is 0 Å². The Bertz CT molecular complexity index is 13.5. The fourth-order valence-electron chi connectivity index (χ4n) is 0. The van der Waals surface area contributed by atoms with Crippen LogP contribution in [0, 0.1) is 0 Å². The molecular weight excluding hydrogens is 133 g/mol. The first-order valence-corrected chi connectivity index (χ1v) is 1.80. The van der Waals surface area contributed by atoms with Crippen LogP contribution in [0.2, 0.25) is 0 Å². The van der Waals surface area contributed by atoms with Crippen molar-refractivity contribution in [3.63, 3.8) is 0 Å². The molecule has 0 fully saturated rings. The van der Waals surface area contributed by atoms with Crippen LogP contribution in [0.25, 0.3) is 0 Å². The molecule has 0 aliphatic heterocycles. The summed E-state index contributed by atoms with van der Waals surface area (Å²) in [5.74, 6) is 0. The van der Waals surface area contributed by atoms with Crippen LogP contribution in [0.1, 0.15) is 0 Å². The van der Waals surface area contributed by atoms with Crippen molar-refractivity contribution in [2.45, 2.75) is 0 Å². The molecule has 3 nitrogen and oxygen atoms in total. The van der Waals surface area contributed by atoms with E-state index in [-0.39, 0.29) is 39.5 Å². The van der Waals surface area contributed by atoms with Gasteiger partial charge in [0.15, 0.2) is 0 Å². The quantitative estimate of drug-likeness (QED) is 0.286. The van der Waals surface area contributed by atoms with Crippen LogP contribution in [0.4, 0.5) is 0 Å². The van der Waals surface area contributed by atoms with E-state index >= 15 is 0 Å². The average Bonchev–Trinajstić information content (AvgIpc) is 0.811. The molecule has 0 bridgehead atoms. The van der Waals surface area contributed by atoms with Gasteiger partial charge in [0.2, 0.25) is 0 Å². The van der Waals surface area contributed by atoms with Gasteiger partial charge in [-0.1, -0.05) is 0 Å². The van der Waals surface area contributed by atoms with Crippen molar-refractivity contribution < 1.29 is 14.7 Å². The summed E-state index contributed by atoms with van der Waals surface area (Å²) in [6.07, 6.45) is 0. The Hall–Kier alpha value is 1.74. The molecule has 0 aromatic heterocycles.